The summed E-state index contributed by atoms with van der Waals surface area (Å²) in [5, 5.41) is 12.0. The van der Waals surface area contributed by atoms with Gasteiger partial charge < -0.3 is 24.4 Å². The van der Waals surface area contributed by atoms with E-state index in [4.69, 9.17) is 9.90 Å². The van der Waals surface area contributed by atoms with Gasteiger partial charge in [-0.05, 0) is 6.92 Å². The molecule has 1 N–H and O–H groups in total. The maximum absolute atomic E-state index is 11.3. The zero-order chi connectivity index (χ0) is 14.9. The predicted molar refractivity (Wildman–Crippen MR) is 67.5 cm³/mol. The maximum Gasteiger partial charge on any atom is 0.251 e. The van der Waals surface area contributed by atoms with Crippen molar-refractivity contribution in [2.75, 3.05) is 28.3 Å². The molecule has 0 aliphatic heterocycles. The molecule has 0 saturated heterocycles. The predicted octanol–water partition coefficient (Wildman–Crippen LogP) is 0.0971. The van der Waals surface area contributed by atoms with Crippen LogP contribution < -0.4 is 10.4 Å². The lowest BCUT2D eigenvalue weighted by molar-refractivity contribution is -0.898. The van der Waals surface area contributed by atoms with E-state index in [2.05, 4.69) is 44.7 Å². The van der Waals surface area contributed by atoms with Crippen LogP contribution in [0.4, 0.5) is 4.79 Å². The highest BCUT2D eigenvalue weighted by molar-refractivity contribution is 5.92. The average molecular weight is 260 g/mol. The number of amides is 1. The molecule has 0 fully saturated rings. The SMILES string of the molecule is C=C(C)C(=O)NC(CC)[N+](C)(C)C.COC(=O)[O-]. The molecule has 1 amide bonds. The van der Waals surface area contributed by atoms with Gasteiger partial charge in [0.1, 0.15) is 0 Å². The number of nitrogens with zero attached hydrogens (tertiary/aromatic N) is 1. The maximum atomic E-state index is 11.3. The van der Waals surface area contributed by atoms with Crippen molar-refractivity contribution in [3.05, 3.63) is 12.2 Å². The molecular weight excluding hydrogens is 236 g/mol. The largest absolute Gasteiger partial charge is 0.553 e. The molecular formula is C12H24N2O4. The number of nitrogens with one attached hydrogen (secondary N) is 1. The van der Waals surface area contributed by atoms with Gasteiger partial charge in [0.2, 0.25) is 0 Å². The lowest BCUT2D eigenvalue weighted by atomic mass is 10.2. The van der Waals surface area contributed by atoms with Gasteiger partial charge in [-0.1, -0.05) is 13.5 Å². The minimum absolute atomic E-state index is 0.0556. The summed E-state index contributed by atoms with van der Waals surface area (Å²) in [6.45, 7) is 7.39. The van der Waals surface area contributed by atoms with Crippen LogP contribution >= 0.6 is 0 Å². The van der Waals surface area contributed by atoms with Crippen molar-refractivity contribution in [1.29, 1.82) is 0 Å². The molecule has 1 atom stereocenters. The van der Waals surface area contributed by atoms with Crippen molar-refractivity contribution in [2.45, 2.75) is 26.4 Å². The van der Waals surface area contributed by atoms with E-state index < -0.39 is 6.16 Å². The molecule has 0 aromatic heterocycles. The second-order valence-corrected chi connectivity index (χ2v) is 4.75. The molecule has 106 valence electrons. The van der Waals surface area contributed by atoms with Gasteiger partial charge in [-0.15, -0.1) is 0 Å². The fraction of sp³-hybridized carbons (Fsp3) is 0.667. The van der Waals surface area contributed by atoms with Crippen LogP contribution in [0.2, 0.25) is 0 Å². The highest BCUT2D eigenvalue weighted by Crippen LogP contribution is 2.04. The summed E-state index contributed by atoms with van der Waals surface area (Å²) in [4.78, 5) is 20.4. The fourth-order valence-electron chi connectivity index (χ4n) is 1.12. The number of ether oxygens (including phenoxy) is 1. The second kappa shape index (κ2) is 8.52. The van der Waals surface area contributed by atoms with Crippen LogP contribution in [0.25, 0.3) is 0 Å². The van der Waals surface area contributed by atoms with E-state index in [1.54, 1.807) is 6.92 Å². The van der Waals surface area contributed by atoms with E-state index in [1.807, 2.05) is 0 Å². The Hall–Kier alpha value is -1.56. The molecule has 6 nitrogen and oxygen atoms in total. The first kappa shape index (κ1) is 18.8. The highest BCUT2D eigenvalue weighted by Gasteiger charge is 2.23. The van der Waals surface area contributed by atoms with Crippen molar-refractivity contribution in [3.63, 3.8) is 0 Å². The van der Waals surface area contributed by atoms with Gasteiger partial charge >= 0.3 is 0 Å². The van der Waals surface area contributed by atoms with Crippen LogP contribution in [0.15, 0.2) is 12.2 Å². The second-order valence-electron chi connectivity index (χ2n) is 4.75. The summed E-state index contributed by atoms with van der Waals surface area (Å²) >= 11 is 0. The Morgan fingerprint density at radius 3 is 1.94 bits per heavy atom. The van der Waals surface area contributed by atoms with Crippen LogP contribution in [0.3, 0.4) is 0 Å². The third kappa shape index (κ3) is 9.65. The van der Waals surface area contributed by atoms with Crippen molar-refractivity contribution in [3.8, 4) is 0 Å². The Morgan fingerprint density at radius 1 is 1.39 bits per heavy atom. The van der Waals surface area contributed by atoms with Gasteiger partial charge in [0.25, 0.3) is 12.1 Å². The van der Waals surface area contributed by atoms with Crippen molar-refractivity contribution in [1.82, 2.24) is 5.32 Å². The minimum Gasteiger partial charge on any atom is -0.553 e. The Kier molecular flexibility index (Phi) is 8.90. The summed E-state index contributed by atoms with van der Waals surface area (Å²) in [5.41, 5.74) is 0.562. The lowest BCUT2D eigenvalue weighted by Gasteiger charge is -2.33. The number of carbonyl (C=O) groups excluding carboxylic acids is 2. The normalized spacial score (nSPS) is 11.7. The lowest BCUT2D eigenvalue weighted by Crippen LogP contribution is -2.54. The van der Waals surface area contributed by atoms with Gasteiger partial charge in [0.15, 0.2) is 6.17 Å². The Bertz CT molecular complexity index is 295. The Labute approximate surface area is 109 Å². The number of quaternary nitrogens is 1. The molecule has 6 heteroatoms. The number of hydrogen-bond acceptors (Lipinski definition) is 4. The van der Waals surface area contributed by atoms with Crippen molar-refractivity contribution >= 4 is 12.1 Å². The number of carboxylic acid groups (broad SMARTS) is 1. The molecule has 0 saturated carbocycles. The third-order valence-corrected chi connectivity index (χ3v) is 2.17. The molecule has 18 heavy (non-hydrogen) atoms. The first-order chi connectivity index (χ1) is 8.06. The van der Waals surface area contributed by atoms with Crippen LogP contribution in [0.1, 0.15) is 20.3 Å². The standard InChI is InChI=1S/C10H20N2O.C2H4O3/c1-7-9(12(4,5)6)11-10(13)8(2)3;1-5-2(3)4/h9H,2,7H2,1,3-6H3;1H3,(H,3,4). The summed E-state index contributed by atoms with van der Waals surface area (Å²) in [7, 11) is 7.22. The molecule has 0 heterocycles. The minimum atomic E-state index is -1.50. The van der Waals surface area contributed by atoms with Gasteiger partial charge in [-0.3, -0.25) is 4.79 Å². The van der Waals surface area contributed by atoms with E-state index in [0.717, 1.165) is 18.0 Å². The van der Waals surface area contributed by atoms with Gasteiger partial charge in [0, 0.05) is 19.1 Å². The molecule has 0 rings (SSSR count). The zero-order valence-electron chi connectivity index (χ0n) is 12.1. The number of hydrogen-bond donors (Lipinski definition) is 1. The van der Waals surface area contributed by atoms with E-state index in [0.29, 0.717) is 5.57 Å². The monoisotopic (exact) mass is 260 g/mol. The van der Waals surface area contributed by atoms with E-state index in [1.165, 1.54) is 0 Å². The molecule has 0 radical (unpaired) electrons. The summed E-state index contributed by atoms with van der Waals surface area (Å²) in [6, 6.07) is 0. The smallest absolute Gasteiger partial charge is 0.251 e. The Morgan fingerprint density at radius 2 is 1.78 bits per heavy atom. The Balaban J connectivity index is 0. The van der Waals surface area contributed by atoms with E-state index in [9.17, 15) is 4.79 Å². The molecule has 0 spiro atoms. The van der Waals surface area contributed by atoms with E-state index in [-0.39, 0.29) is 12.1 Å². The van der Waals surface area contributed by atoms with Crippen LogP contribution in [-0.2, 0) is 9.53 Å². The molecule has 0 aliphatic carbocycles. The van der Waals surface area contributed by atoms with Gasteiger partial charge in [-0.2, -0.15) is 0 Å². The fourth-order valence-corrected chi connectivity index (χ4v) is 1.12. The summed E-state index contributed by atoms with van der Waals surface area (Å²) in [6.07, 6.45) is -0.420. The van der Waals surface area contributed by atoms with Gasteiger partial charge in [-0.25, -0.2) is 0 Å². The van der Waals surface area contributed by atoms with Crippen LogP contribution in [-0.4, -0.2) is 51.0 Å². The van der Waals surface area contributed by atoms with Crippen molar-refractivity contribution < 1.29 is 23.9 Å². The zero-order valence-corrected chi connectivity index (χ0v) is 12.1. The number of carbonyl (C=O) groups is 2. The third-order valence-electron chi connectivity index (χ3n) is 2.17. The molecule has 1 unspecified atom stereocenters. The molecule has 0 aromatic carbocycles. The first-order valence-electron chi connectivity index (χ1n) is 5.58. The molecule has 0 bridgehead atoms. The van der Waals surface area contributed by atoms with Crippen LogP contribution in [0.5, 0.6) is 0 Å². The molecule has 0 aliphatic rings. The summed E-state index contributed by atoms with van der Waals surface area (Å²) < 4.78 is 4.29. The van der Waals surface area contributed by atoms with Gasteiger partial charge in [0.05, 0.1) is 21.1 Å². The highest BCUT2D eigenvalue weighted by atomic mass is 16.6. The molecule has 0 aromatic rings. The topological polar surface area (TPSA) is 78.5 Å². The number of rotatable bonds is 4. The van der Waals surface area contributed by atoms with Crippen molar-refractivity contribution in [2.24, 2.45) is 0 Å². The quantitative estimate of drug-likeness (QED) is 0.336. The van der Waals surface area contributed by atoms with Crippen LogP contribution in [0, 0.1) is 0 Å². The average Bonchev–Trinajstić information content (AvgIpc) is 2.24. The number of methoxy groups -OCH3 is 1. The first-order valence-corrected chi connectivity index (χ1v) is 5.58. The summed E-state index contributed by atoms with van der Waals surface area (Å²) in [5.74, 6) is -0.0556. The van der Waals surface area contributed by atoms with E-state index >= 15 is 0 Å².